The Morgan fingerprint density at radius 2 is 1.73 bits per heavy atom. The van der Waals surface area contributed by atoms with Gasteiger partial charge in [0, 0.05) is 58.2 Å². The Morgan fingerprint density at radius 1 is 0.804 bits per heavy atom. The van der Waals surface area contributed by atoms with E-state index >= 15 is 0 Å². The van der Waals surface area contributed by atoms with Crippen LogP contribution in [-0.2, 0) is 6.42 Å². The number of rotatable bonds is 4. The maximum Gasteiger partial charge on any atom is 0.138 e. The fourth-order valence-electron chi connectivity index (χ4n) is 11.5. The van der Waals surface area contributed by atoms with Gasteiger partial charge < -0.3 is 14.2 Å². The van der Waals surface area contributed by atoms with Crippen molar-refractivity contribution in [3.05, 3.63) is 135 Å². The van der Waals surface area contributed by atoms with Gasteiger partial charge in [0.2, 0.25) is 0 Å². The first kappa shape index (κ1) is 30.4. The second-order valence-electron chi connectivity index (χ2n) is 16.5. The second-order valence-corrected chi connectivity index (χ2v) is 16.5. The van der Waals surface area contributed by atoms with Crippen LogP contribution in [0, 0.1) is 5.92 Å². The third-order valence-corrected chi connectivity index (χ3v) is 13.8. The lowest BCUT2D eigenvalue weighted by atomic mass is 9.80. The Bertz CT molecular complexity index is 2190. The van der Waals surface area contributed by atoms with Gasteiger partial charge in [-0.2, -0.15) is 0 Å². The number of furan rings is 1. The molecule has 0 spiro atoms. The predicted octanol–water partition coefficient (Wildman–Crippen LogP) is 10.1. The lowest BCUT2D eigenvalue weighted by Crippen LogP contribution is -2.42. The van der Waals surface area contributed by atoms with Gasteiger partial charge in [-0.3, -0.25) is 0 Å². The molecule has 0 saturated heterocycles. The molecule has 0 amide bonds. The van der Waals surface area contributed by atoms with Gasteiger partial charge in [0.1, 0.15) is 11.2 Å². The number of hydrogen-bond donors (Lipinski definition) is 0. The SMILES string of the molecule is C1=CCCC(N2c3ccc(C4=CC5C6=C(CCC=C6)N(C6CC=C(C7=c8oc9c(c8=CCC7)C=CCC9)CC6)C5C=C4)cc3C3CCCCC32)=C1. The first-order chi connectivity index (χ1) is 25.3. The summed E-state index contributed by atoms with van der Waals surface area (Å²) in [6.07, 6.45) is 47.1. The van der Waals surface area contributed by atoms with Gasteiger partial charge in [-0.05, 0) is 129 Å². The molecular weight excluding hydrogens is 621 g/mol. The Kier molecular flexibility index (Phi) is 7.26. The highest BCUT2D eigenvalue weighted by Gasteiger charge is 2.44. The molecule has 9 aliphatic rings. The number of fused-ring (bicyclic) bond motifs is 8. The number of nitrogens with zero attached hydrogens (tertiary/aromatic N) is 2. The molecule has 1 aromatic carbocycles. The van der Waals surface area contributed by atoms with Crippen LogP contribution in [0.15, 0.2) is 106 Å². The summed E-state index contributed by atoms with van der Waals surface area (Å²) in [5.74, 6) is 2.29. The van der Waals surface area contributed by atoms with Crippen LogP contribution in [0.25, 0.3) is 23.3 Å². The summed E-state index contributed by atoms with van der Waals surface area (Å²) in [6.45, 7) is 0. The van der Waals surface area contributed by atoms with Gasteiger partial charge in [-0.1, -0.05) is 85.7 Å². The molecule has 2 aliphatic heterocycles. The molecule has 3 heterocycles. The van der Waals surface area contributed by atoms with Crippen LogP contribution in [0.1, 0.15) is 118 Å². The third-order valence-electron chi connectivity index (χ3n) is 13.8. The molecule has 51 heavy (non-hydrogen) atoms. The van der Waals surface area contributed by atoms with Crippen LogP contribution >= 0.6 is 0 Å². The van der Waals surface area contributed by atoms with Crippen LogP contribution < -0.4 is 15.5 Å². The zero-order valence-corrected chi connectivity index (χ0v) is 30.0. The molecule has 5 unspecified atom stereocenters. The number of aryl methyl sites for hydroxylation is 1. The Morgan fingerprint density at radius 3 is 2.65 bits per heavy atom. The molecule has 11 rings (SSSR count). The Balaban J connectivity index is 0.889. The Labute approximate surface area is 303 Å². The van der Waals surface area contributed by atoms with E-state index in [2.05, 4.69) is 101 Å². The summed E-state index contributed by atoms with van der Waals surface area (Å²) in [4.78, 5) is 5.63. The van der Waals surface area contributed by atoms with Gasteiger partial charge in [0.05, 0.1) is 6.04 Å². The summed E-state index contributed by atoms with van der Waals surface area (Å²) in [5, 5.41) is 1.37. The van der Waals surface area contributed by atoms with E-state index in [9.17, 15) is 0 Å². The number of benzene rings is 1. The monoisotopic (exact) mass is 670 g/mol. The van der Waals surface area contributed by atoms with Crippen molar-refractivity contribution in [3.63, 3.8) is 0 Å². The summed E-state index contributed by atoms with van der Waals surface area (Å²) >= 11 is 0. The highest BCUT2D eigenvalue weighted by Crippen LogP contribution is 2.52. The van der Waals surface area contributed by atoms with Gasteiger partial charge >= 0.3 is 0 Å². The quantitative estimate of drug-likeness (QED) is 0.323. The maximum absolute atomic E-state index is 6.58. The first-order valence-corrected chi connectivity index (χ1v) is 20.4. The molecule has 7 aliphatic carbocycles. The summed E-state index contributed by atoms with van der Waals surface area (Å²) in [6, 6.07) is 9.12. The first-order valence-electron chi connectivity index (χ1n) is 20.4. The van der Waals surface area contributed by atoms with E-state index < -0.39 is 0 Å². The van der Waals surface area contributed by atoms with Gasteiger partial charge in [-0.15, -0.1) is 0 Å². The highest BCUT2D eigenvalue weighted by atomic mass is 16.3. The average Bonchev–Trinajstić information content (AvgIpc) is 3.86. The van der Waals surface area contributed by atoms with Gasteiger partial charge in [0.25, 0.3) is 0 Å². The molecule has 0 bridgehead atoms. The fraction of sp³-hybridized carbons (Fsp3) is 0.417. The van der Waals surface area contributed by atoms with E-state index in [4.69, 9.17) is 4.42 Å². The minimum absolute atomic E-state index is 0.424. The zero-order chi connectivity index (χ0) is 33.5. The number of allylic oxidation sites excluding steroid dienone is 11. The van der Waals surface area contributed by atoms with Crippen LogP contribution in [0.2, 0.25) is 0 Å². The van der Waals surface area contributed by atoms with Crippen molar-refractivity contribution in [1.29, 1.82) is 0 Å². The molecule has 1 aromatic heterocycles. The van der Waals surface area contributed by atoms with Crippen molar-refractivity contribution in [2.45, 2.75) is 120 Å². The van der Waals surface area contributed by atoms with Crippen molar-refractivity contribution in [2.75, 3.05) is 4.90 Å². The molecule has 0 N–H and O–H groups in total. The molecular formula is C48H50N2O. The van der Waals surface area contributed by atoms with E-state index in [0.29, 0.717) is 30.0 Å². The summed E-state index contributed by atoms with van der Waals surface area (Å²) in [7, 11) is 0. The van der Waals surface area contributed by atoms with Crippen molar-refractivity contribution >= 4 is 29.0 Å². The number of hydrogen-bond acceptors (Lipinski definition) is 3. The fourth-order valence-corrected chi connectivity index (χ4v) is 11.5. The lowest BCUT2D eigenvalue weighted by molar-refractivity contribution is 0.198. The average molecular weight is 671 g/mol. The molecule has 3 heteroatoms. The van der Waals surface area contributed by atoms with E-state index in [1.54, 1.807) is 22.4 Å². The van der Waals surface area contributed by atoms with Crippen molar-refractivity contribution in [2.24, 2.45) is 5.92 Å². The smallest absolute Gasteiger partial charge is 0.138 e. The topological polar surface area (TPSA) is 19.6 Å². The van der Waals surface area contributed by atoms with Crippen molar-refractivity contribution in [1.82, 2.24) is 4.90 Å². The summed E-state index contributed by atoms with van der Waals surface area (Å²) < 4.78 is 6.58. The standard InChI is InChI=1S/C48H50N2O/c1-2-11-34(12-3-1)49-43-18-7-4-13-37(43)41-29-32(23-27-45(41)49)33-24-28-46-42(30-33)38-14-5-8-19-44(38)50(46)35-25-21-31(22-26-35)36-16-10-17-40-39-15-6-9-20-47(39)51-48(36)40/h1-2,5-6,11,14-15,17,21,23-24,27-30,35,37,42-43,46H,3-4,7-10,12-13,16,18-20,22,25-26H2. The van der Waals surface area contributed by atoms with Gasteiger partial charge in [0.15, 0.2) is 0 Å². The maximum atomic E-state index is 6.58. The molecule has 3 nitrogen and oxygen atoms in total. The Hall–Kier alpha value is -4.24. The van der Waals surface area contributed by atoms with Crippen LogP contribution in [0.4, 0.5) is 5.69 Å². The summed E-state index contributed by atoms with van der Waals surface area (Å²) in [5.41, 5.74) is 16.2. The molecule has 1 saturated carbocycles. The van der Waals surface area contributed by atoms with Crippen LogP contribution in [0.3, 0.4) is 0 Å². The van der Waals surface area contributed by atoms with E-state index in [1.807, 2.05) is 0 Å². The van der Waals surface area contributed by atoms with E-state index in [0.717, 1.165) is 44.9 Å². The van der Waals surface area contributed by atoms with E-state index in [-0.39, 0.29) is 0 Å². The van der Waals surface area contributed by atoms with Crippen LogP contribution in [0.5, 0.6) is 0 Å². The minimum atomic E-state index is 0.424. The normalized spacial score (nSPS) is 30.2. The van der Waals surface area contributed by atoms with Crippen LogP contribution in [-0.4, -0.2) is 23.0 Å². The highest BCUT2D eigenvalue weighted by molar-refractivity contribution is 5.80. The number of anilines is 1. The van der Waals surface area contributed by atoms with Crippen molar-refractivity contribution in [3.8, 4) is 0 Å². The minimum Gasteiger partial charge on any atom is -0.460 e. The van der Waals surface area contributed by atoms with E-state index in [1.165, 1.54) is 101 Å². The molecule has 2 aromatic rings. The third kappa shape index (κ3) is 4.83. The molecule has 258 valence electrons. The second kappa shape index (κ2) is 12.2. The van der Waals surface area contributed by atoms with Crippen molar-refractivity contribution < 1.29 is 4.42 Å². The largest absolute Gasteiger partial charge is 0.460 e. The molecule has 1 fully saturated rings. The van der Waals surface area contributed by atoms with Gasteiger partial charge in [-0.25, -0.2) is 0 Å². The molecule has 5 atom stereocenters. The predicted molar refractivity (Wildman–Crippen MR) is 210 cm³/mol. The zero-order valence-electron chi connectivity index (χ0n) is 30.0. The molecule has 0 radical (unpaired) electrons. The lowest BCUT2D eigenvalue weighted by Gasteiger charge is -2.40.